The molecule has 0 spiro atoms. The summed E-state index contributed by atoms with van der Waals surface area (Å²) in [5, 5.41) is 13.2. The van der Waals surface area contributed by atoms with E-state index in [9.17, 15) is 9.90 Å². The molecule has 0 saturated heterocycles. The molecule has 1 atom stereocenters. The molecule has 1 rings (SSSR count). The summed E-state index contributed by atoms with van der Waals surface area (Å²) in [6.45, 7) is 4.08. The van der Waals surface area contributed by atoms with E-state index in [1.54, 1.807) is 13.2 Å². The van der Waals surface area contributed by atoms with Gasteiger partial charge in [0.2, 0.25) is 5.91 Å². The first kappa shape index (κ1) is 15.5. The molecule has 0 radical (unpaired) electrons. The molecule has 1 amide bonds. The first-order chi connectivity index (χ1) is 8.84. The van der Waals surface area contributed by atoms with Gasteiger partial charge in [-0.25, -0.2) is 0 Å². The van der Waals surface area contributed by atoms with Crippen molar-refractivity contribution in [1.29, 1.82) is 0 Å². The van der Waals surface area contributed by atoms with Gasteiger partial charge in [0.1, 0.15) is 5.75 Å². The molecule has 5 nitrogen and oxygen atoms in total. The monoisotopic (exact) mass is 266 g/mol. The molecule has 5 heteroatoms. The summed E-state index contributed by atoms with van der Waals surface area (Å²) in [4.78, 5) is 10.9. The van der Waals surface area contributed by atoms with Crippen LogP contribution in [0.5, 0.6) is 5.75 Å². The Kier molecular flexibility index (Phi) is 5.32. The zero-order valence-electron chi connectivity index (χ0n) is 11.6. The molecule has 0 fully saturated rings. The number of rotatable bonds is 7. The van der Waals surface area contributed by atoms with Crippen LogP contribution in [0.2, 0.25) is 0 Å². The van der Waals surface area contributed by atoms with Crippen LogP contribution in [0.3, 0.4) is 0 Å². The molecule has 0 bridgehead atoms. The minimum atomic E-state index is -0.665. The molecular formula is C14H22N2O3. The predicted molar refractivity (Wildman–Crippen MR) is 73.8 cm³/mol. The zero-order chi connectivity index (χ0) is 14.5. The number of aliphatic hydroxyl groups is 1. The Bertz CT molecular complexity index is 432. The lowest BCUT2D eigenvalue weighted by Crippen LogP contribution is -2.44. The molecule has 1 aromatic rings. The summed E-state index contributed by atoms with van der Waals surface area (Å²) in [5.41, 5.74) is 5.50. The topological polar surface area (TPSA) is 84.6 Å². The van der Waals surface area contributed by atoms with Gasteiger partial charge in [0.05, 0.1) is 13.2 Å². The molecule has 1 aromatic carbocycles. The van der Waals surface area contributed by atoms with Gasteiger partial charge in [-0.1, -0.05) is 12.1 Å². The van der Waals surface area contributed by atoms with Crippen molar-refractivity contribution in [3.63, 3.8) is 0 Å². The van der Waals surface area contributed by atoms with Crippen molar-refractivity contribution in [1.82, 2.24) is 5.32 Å². The lowest BCUT2D eigenvalue weighted by atomic mass is 9.99. The summed E-state index contributed by atoms with van der Waals surface area (Å²) in [6, 6.07) is 7.26. The van der Waals surface area contributed by atoms with Gasteiger partial charge in [-0.15, -0.1) is 0 Å². The Hall–Kier alpha value is -1.59. The second-order valence-corrected chi connectivity index (χ2v) is 5.20. The van der Waals surface area contributed by atoms with Crippen LogP contribution in [0.25, 0.3) is 0 Å². The standard InChI is InChI=1S/C14H22N2O3/c1-14(2,8-13(15)18)16-9-12(17)10-5-4-6-11(7-10)19-3/h4-7,12,16-17H,8-9H2,1-3H3,(H2,15,18). The van der Waals surface area contributed by atoms with E-state index in [4.69, 9.17) is 10.5 Å². The number of carbonyl (C=O) groups excluding carboxylic acids is 1. The largest absolute Gasteiger partial charge is 0.497 e. The van der Waals surface area contributed by atoms with Crippen molar-refractivity contribution in [3.8, 4) is 5.75 Å². The Morgan fingerprint density at radius 1 is 1.53 bits per heavy atom. The van der Waals surface area contributed by atoms with Crippen molar-refractivity contribution in [2.24, 2.45) is 5.73 Å². The van der Waals surface area contributed by atoms with E-state index in [1.807, 2.05) is 32.0 Å². The van der Waals surface area contributed by atoms with Gasteiger partial charge in [-0.2, -0.15) is 0 Å². The minimum Gasteiger partial charge on any atom is -0.497 e. The Morgan fingerprint density at radius 3 is 2.79 bits per heavy atom. The molecular weight excluding hydrogens is 244 g/mol. The number of benzene rings is 1. The van der Waals surface area contributed by atoms with Crippen LogP contribution in [-0.2, 0) is 4.79 Å². The number of ether oxygens (including phenoxy) is 1. The third-order valence-electron chi connectivity index (χ3n) is 2.87. The average molecular weight is 266 g/mol. The number of primary amides is 1. The van der Waals surface area contributed by atoms with Gasteiger partial charge in [0.25, 0.3) is 0 Å². The zero-order valence-corrected chi connectivity index (χ0v) is 11.6. The Balaban J connectivity index is 2.59. The summed E-state index contributed by atoms with van der Waals surface area (Å²) in [5.74, 6) is 0.335. The normalized spacial score (nSPS) is 13.1. The molecule has 0 aliphatic rings. The van der Waals surface area contributed by atoms with Gasteiger partial charge in [0, 0.05) is 18.5 Å². The lowest BCUT2D eigenvalue weighted by molar-refractivity contribution is -0.119. The molecule has 0 aliphatic heterocycles. The molecule has 0 aliphatic carbocycles. The van der Waals surface area contributed by atoms with Gasteiger partial charge in [-0.05, 0) is 31.5 Å². The maximum Gasteiger partial charge on any atom is 0.219 e. The van der Waals surface area contributed by atoms with Crippen LogP contribution >= 0.6 is 0 Å². The van der Waals surface area contributed by atoms with Gasteiger partial charge >= 0.3 is 0 Å². The molecule has 4 N–H and O–H groups in total. The highest BCUT2D eigenvalue weighted by atomic mass is 16.5. The van der Waals surface area contributed by atoms with E-state index in [0.29, 0.717) is 12.3 Å². The fourth-order valence-electron chi connectivity index (χ4n) is 1.84. The quantitative estimate of drug-likeness (QED) is 0.686. The highest BCUT2D eigenvalue weighted by Crippen LogP contribution is 2.19. The van der Waals surface area contributed by atoms with Gasteiger partial charge < -0.3 is 20.9 Å². The number of carbonyl (C=O) groups is 1. The van der Waals surface area contributed by atoms with Gasteiger partial charge in [-0.3, -0.25) is 4.79 Å². The van der Waals surface area contributed by atoms with Crippen molar-refractivity contribution in [3.05, 3.63) is 29.8 Å². The summed E-state index contributed by atoms with van der Waals surface area (Å²) in [7, 11) is 1.58. The molecule has 1 unspecified atom stereocenters. The van der Waals surface area contributed by atoms with Crippen LogP contribution in [0.15, 0.2) is 24.3 Å². The molecule has 0 heterocycles. The number of nitrogens with two attached hydrogens (primary N) is 1. The van der Waals surface area contributed by atoms with Crippen LogP contribution in [-0.4, -0.2) is 30.2 Å². The van der Waals surface area contributed by atoms with Crippen LogP contribution in [0.4, 0.5) is 0 Å². The molecule has 19 heavy (non-hydrogen) atoms. The number of hydrogen-bond acceptors (Lipinski definition) is 4. The van der Waals surface area contributed by atoms with Gasteiger partial charge in [0.15, 0.2) is 0 Å². The number of amides is 1. The molecule has 0 saturated carbocycles. The third-order valence-corrected chi connectivity index (χ3v) is 2.87. The maximum atomic E-state index is 10.9. The van der Waals surface area contributed by atoms with Crippen molar-refractivity contribution >= 4 is 5.91 Å². The predicted octanol–water partition coefficient (Wildman–Crippen LogP) is 0.972. The number of hydrogen-bond donors (Lipinski definition) is 3. The second kappa shape index (κ2) is 6.54. The molecule has 106 valence electrons. The van der Waals surface area contributed by atoms with Crippen molar-refractivity contribution in [2.45, 2.75) is 31.9 Å². The lowest BCUT2D eigenvalue weighted by Gasteiger charge is -2.26. The first-order valence-corrected chi connectivity index (χ1v) is 6.19. The SMILES string of the molecule is COc1cccc(C(O)CNC(C)(C)CC(N)=O)c1. The van der Waals surface area contributed by atoms with E-state index >= 15 is 0 Å². The van der Waals surface area contributed by atoms with E-state index in [0.717, 1.165) is 5.56 Å². The van der Waals surface area contributed by atoms with E-state index < -0.39 is 11.6 Å². The fraction of sp³-hybridized carbons (Fsp3) is 0.500. The maximum absolute atomic E-state index is 10.9. The summed E-state index contributed by atoms with van der Waals surface area (Å²) in [6.07, 6.45) is -0.445. The highest BCUT2D eigenvalue weighted by Gasteiger charge is 2.21. The van der Waals surface area contributed by atoms with Crippen molar-refractivity contribution in [2.75, 3.05) is 13.7 Å². The number of β-amino-alcohol motifs (C(OH)–C–C–N with tert-alkyl or cyclic N) is 1. The van der Waals surface area contributed by atoms with Crippen LogP contribution in [0, 0.1) is 0 Å². The summed E-state index contributed by atoms with van der Waals surface area (Å²) < 4.78 is 5.11. The van der Waals surface area contributed by atoms with E-state index in [2.05, 4.69) is 5.32 Å². The van der Waals surface area contributed by atoms with E-state index in [1.165, 1.54) is 0 Å². The highest BCUT2D eigenvalue weighted by molar-refractivity contribution is 5.74. The minimum absolute atomic E-state index is 0.220. The number of aliphatic hydroxyl groups excluding tert-OH is 1. The average Bonchev–Trinajstić information content (AvgIpc) is 2.34. The number of methoxy groups -OCH3 is 1. The Labute approximate surface area is 113 Å². The van der Waals surface area contributed by atoms with Crippen molar-refractivity contribution < 1.29 is 14.6 Å². The van der Waals surface area contributed by atoms with Crippen LogP contribution < -0.4 is 15.8 Å². The second-order valence-electron chi connectivity index (χ2n) is 5.20. The fourth-order valence-corrected chi connectivity index (χ4v) is 1.84. The first-order valence-electron chi connectivity index (χ1n) is 6.19. The number of nitrogens with one attached hydrogen (secondary N) is 1. The summed E-state index contributed by atoms with van der Waals surface area (Å²) >= 11 is 0. The van der Waals surface area contributed by atoms with Crippen LogP contribution in [0.1, 0.15) is 31.9 Å². The Morgan fingerprint density at radius 2 is 2.21 bits per heavy atom. The molecule has 0 aromatic heterocycles. The third kappa shape index (κ3) is 5.28. The van der Waals surface area contributed by atoms with E-state index in [-0.39, 0.29) is 12.3 Å². The smallest absolute Gasteiger partial charge is 0.219 e.